The van der Waals surface area contributed by atoms with Crippen LogP contribution in [-0.4, -0.2) is 36.7 Å². The number of nitrogens with zero attached hydrogens (tertiary/aromatic N) is 1. The Labute approximate surface area is 207 Å². The van der Waals surface area contributed by atoms with E-state index in [9.17, 15) is 31.5 Å². The molecule has 0 amide bonds. The van der Waals surface area contributed by atoms with Crippen LogP contribution in [0.1, 0.15) is 17.2 Å². The molecule has 192 valence electrons. The molecule has 1 aliphatic carbocycles. The van der Waals surface area contributed by atoms with Gasteiger partial charge in [-0.25, -0.2) is 13.6 Å². The van der Waals surface area contributed by atoms with Crippen molar-refractivity contribution in [3.05, 3.63) is 69.6 Å². The van der Waals surface area contributed by atoms with E-state index in [-0.39, 0.29) is 38.8 Å². The first-order valence-corrected chi connectivity index (χ1v) is 11.9. The minimum Gasteiger partial charge on any atom is -0.497 e. The summed E-state index contributed by atoms with van der Waals surface area (Å²) >= 11 is 1.09. The minimum absolute atomic E-state index is 0.0873. The van der Waals surface area contributed by atoms with Gasteiger partial charge in [0.2, 0.25) is 0 Å². The summed E-state index contributed by atoms with van der Waals surface area (Å²) in [6, 6.07) is 2.69. The summed E-state index contributed by atoms with van der Waals surface area (Å²) in [5, 5.41) is 0.239. The lowest BCUT2D eigenvalue weighted by Gasteiger charge is -2.29. The summed E-state index contributed by atoms with van der Waals surface area (Å²) < 4.78 is 82.2. The number of rotatable bonds is 5. The summed E-state index contributed by atoms with van der Waals surface area (Å²) in [5.74, 6) is -5.78. The Kier molecular flexibility index (Phi) is 7.05. The molecule has 3 unspecified atom stereocenters. The van der Waals surface area contributed by atoms with E-state index >= 15 is 0 Å². The number of pyridine rings is 1. The van der Waals surface area contributed by atoms with Gasteiger partial charge in [-0.1, -0.05) is 12.2 Å². The van der Waals surface area contributed by atoms with E-state index in [2.05, 4.69) is 0 Å². The van der Waals surface area contributed by atoms with E-state index in [1.165, 1.54) is 26.2 Å². The largest absolute Gasteiger partial charge is 0.497 e. The van der Waals surface area contributed by atoms with Crippen LogP contribution in [0.2, 0.25) is 0 Å². The predicted octanol–water partition coefficient (Wildman–Crippen LogP) is 5.55. The van der Waals surface area contributed by atoms with E-state index in [0.717, 1.165) is 47.7 Å². The number of carbonyl (C=O) groups excluding carboxylic acids is 1. The van der Waals surface area contributed by atoms with Crippen molar-refractivity contribution in [1.29, 1.82) is 0 Å². The van der Waals surface area contributed by atoms with Crippen molar-refractivity contribution >= 4 is 17.7 Å². The third-order valence-electron chi connectivity index (χ3n) is 6.51. The number of halogens is 5. The Bertz CT molecular complexity index is 1330. The second-order valence-corrected chi connectivity index (χ2v) is 9.48. The van der Waals surface area contributed by atoms with E-state index < -0.39 is 53.6 Å². The SMILES string of the molecule is COC(=O)C1CSc2c(CC3C(F)=CC=CC3C(F)(F)F)c(C)c(-c3cc(OC)ccc3F)c(=O)n21. The van der Waals surface area contributed by atoms with Crippen LogP contribution >= 0.6 is 11.8 Å². The maximum absolute atomic E-state index is 15.0. The number of ether oxygens (including phenoxy) is 2. The molecule has 1 aromatic heterocycles. The van der Waals surface area contributed by atoms with E-state index in [1.807, 2.05) is 0 Å². The third-order valence-corrected chi connectivity index (χ3v) is 7.71. The average molecular weight is 528 g/mol. The molecule has 3 atom stereocenters. The summed E-state index contributed by atoms with van der Waals surface area (Å²) in [4.78, 5) is 26.1. The van der Waals surface area contributed by atoms with Crippen molar-refractivity contribution < 1.29 is 36.2 Å². The van der Waals surface area contributed by atoms with Gasteiger partial charge in [-0.3, -0.25) is 9.36 Å². The first-order valence-electron chi connectivity index (χ1n) is 10.9. The normalized spacial score (nSPS) is 21.2. The maximum atomic E-state index is 15.0. The molecule has 1 aromatic carbocycles. The van der Waals surface area contributed by atoms with Crippen molar-refractivity contribution in [1.82, 2.24) is 4.57 Å². The van der Waals surface area contributed by atoms with Crippen molar-refractivity contribution in [3.8, 4) is 16.9 Å². The molecule has 0 saturated carbocycles. The van der Waals surface area contributed by atoms with Crippen LogP contribution in [0.15, 0.2) is 52.1 Å². The Hall–Kier alpha value is -3.08. The molecule has 36 heavy (non-hydrogen) atoms. The fourth-order valence-corrected chi connectivity index (χ4v) is 6.03. The fourth-order valence-electron chi connectivity index (χ4n) is 4.67. The topological polar surface area (TPSA) is 57.5 Å². The van der Waals surface area contributed by atoms with Crippen molar-refractivity contribution in [2.24, 2.45) is 11.8 Å². The number of carbonyl (C=O) groups is 1. The molecular formula is C25H22F5NO4S. The van der Waals surface area contributed by atoms with Gasteiger partial charge >= 0.3 is 12.1 Å². The van der Waals surface area contributed by atoms with Crippen molar-refractivity contribution in [3.63, 3.8) is 0 Å². The number of hydrogen-bond acceptors (Lipinski definition) is 5. The van der Waals surface area contributed by atoms with Gasteiger partial charge in [0.25, 0.3) is 5.56 Å². The number of thioether (sulfide) groups is 1. The smallest absolute Gasteiger partial charge is 0.395 e. The van der Waals surface area contributed by atoms with Gasteiger partial charge < -0.3 is 9.47 Å². The van der Waals surface area contributed by atoms with Crippen LogP contribution in [0.25, 0.3) is 11.1 Å². The standard InChI is InChI=1S/C25H22F5NO4S/c1-12-14(10-15-17(25(28,29)30)5-4-6-18(15)26)23-31(20(11-36-23)24(33)35-3)22(32)21(12)16-9-13(34-2)7-8-19(16)27/h4-9,15,17,20H,10-11H2,1-3H3. The van der Waals surface area contributed by atoms with Gasteiger partial charge in [0.1, 0.15) is 23.4 Å². The summed E-state index contributed by atoms with van der Waals surface area (Å²) in [5.41, 5.74) is -0.534. The molecule has 0 bridgehead atoms. The first-order chi connectivity index (χ1) is 17.0. The zero-order chi connectivity index (χ0) is 26.4. The van der Waals surface area contributed by atoms with Gasteiger partial charge in [0.15, 0.2) is 0 Å². The lowest BCUT2D eigenvalue weighted by molar-refractivity contribution is -0.172. The second kappa shape index (κ2) is 9.76. The Balaban J connectivity index is 1.98. The van der Waals surface area contributed by atoms with Crippen LogP contribution in [0.4, 0.5) is 22.0 Å². The van der Waals surface area contributed by atoms with Gasteiger partial charge in [-0.05, 0) is 48.7 Å². The van der Waals surface area contributed by atoms with E-state index in [4.69, 9.17) is 9.47 Å². The van der Waals surface area contributed by atoms with E-state index in [0.29, 0.717) is 0 Å². The molecule has 0 spiro atoms. The van der Waals surface area contributed by atoms with Gasteiger partial charge in [-0.15, -0.1) is 11.8 Å². The van der Waals surface area contributed by atoms with Gasteiger partial charge in [-0.2, -0.15) is 13.2 Å². The highest BCUT2D eigenvalue weighted by Crippen LogP contribution is 2.45. The summed E-state index contributed by atoms with van der Waals surface area (Å²) in [7, 11) is 2.51. The zero-order valence-electron chi connectivity index (χ0n) is 19.5. The highest BCUT2D eigenvalue weighted by molar-refractivity contribution is 7.99. The first kappa shape index (κ1) is 26.0. The van der Waals surface area contributed by atoms with Crippen molar-refractivity contribution in [2.45, 2.75) is 30.6 Å². The molecule has 0 N–H and O–H groups in total. The van der Waals surface area contributed by atoms with E-state index in [1.54, 1.807) is 0 Å². The lowest BCUT2D eigenvalue weighted by Crippen LogP contribution is -2.34. The van der Waals surface area contributed by atoms with Gasteiger partial charge in [0, 0.05) is 17.2 Å². The Morgan fingerprint density at radius 1 is 1.22 bits per heavy atom. The average Bonchev–Trinajstić information content (AvgIpc) is 3.28. The lowest BCUT2D eigenvalue weighted by atomic mass is 9.81. The molecule has 4 rings (SSSR count). The molecule has 0 saturated heterocycles. The molecular weight excluding hydrogens is 505 g/mol. The van der Waals surface area contributed by atoms with Crippen molar-refractivity contribution in [2.75, 3.05) is 20.0 Å². The number of esters is 1. The fraction of sp³-hybridized carbons (Fsp3) is 0.360. The monoisotopic (exact) mass is 527 g/mol. The number of benzene rings is 1. The number of hydrogen-bond donors (Lipinski definition) is 0. The molecule has 0 radical (unpaired) electrons. The number of aromatic nitrogens is 1. The Morgan fingerprint density at radius 2 is 1.94 bits per heavy atom. The summed E-state index contributed by atoms with van der Waals surface area (Å²) in [6.45, 7) is 1.49. The third kappa shape index (κ3) is 4.44. The number of alkyl halides is 3. The molecule has 0 fully saturated rings. The number of fused-ring (bicyclic) bond motifs is 1. The summed E-state index contributed by atoms with van der Waals surface area (Å²) in [6.07, 6.45) is -2.23. The van der Waals surface area contributed by atoms with Crippen LogP contribution in [0, 0.1) is 24.6 Å². The Morgan fingerprint density at radius 3 is 2.58 bits per heavy atom. The molecule has 5 nitrogen and oxygen atoms in total. The molecule has 2 heterocycles. The van der Waals surface area contributed by atoms with Crippen LogP contribution in [0.5, 0.6) is 5.75 Å². The zero-order valence-corrected chi connectivity index (χ0v) is 20.3. The number of methoxy groups -OCH3 is 2. The molecule has 2 aromatic rings. The minimum atomic E-state index is -4.71. The number of allylic oxidation sites excluding steroid dienone is 4. The van der Waals surface area contributed by atoms with Crippen LogP contribution in [-0.2, 0) is 16.0 Å². The predicted molar refractivity (Wildman–Crippen MR) is 124 cm³/mol. The quantitative estimate of drug-likeness (QED) is 0.377. The molecule has 1 aliphatic heterocycles. The second-order valence-electron chi connectivity index (χ2n) is 8.47. The molecule has 2 aliphatic rings. The highest BCUT2D eigenvalue weighted by atomic mass is 32.2. The maximum Gasteiger partial charge on any atom is 0.395 e. The highest BCUT2D eigenvalue weighted by Gasteiger charge is 2.46. The van der Waals surface area contributed by atoms with Gasteiger partial charge in [0.05, 0.1) is 30.7 Å². The molecule has 11 heteroatoms. The van der Waals surface area contributed by atoms with Crippen LogP contribution in [0.3, 0.4) is 0 Å². The van der Waals surface area contributed by atoms with Crippen LogP contribution < -0.4 is 10.3 Å².